The predicted molar refractivity (Wildman–Crippen MR) is 124 cm³/mol. The minimum Gasteiger partial charge on any atom is -0.494 e. The van der Waals surface area contributed by atoms with Gasteiger partial charge in [-0.15, -0.1) is 0 Å². The van der Waals surface area contributed by atoms with Gasteiger partial charge < -0.3 is 14.4 Å². The van der Waals surface area contributed by atoms with Gasteiger partial charge in [-0.05, 0) is 58.4 Å². The van der Waals surface area contributed by atoms with Gasteiger partial charge in [-0.25, -0.2) is 9.78 Å². The lowest BCUT2D eigenvalue weighted by molar-refractivity contribution is 0.0377. The van der Waals surface area contributed by atoms with E-state index >= 15 is 0 Å². The quantitative estimate of drug-likeness (QED) is 0.553. The van der Waals surface area contributed by atoms with Gasteiger partial charge in [0.15, 0.2) is 0 Å². The molecule has 0 amide bonds. The number of ether oxygens (including phenoxy) is 2. The number of hydrogen-bond donors (Lipinski definition) is 0. The number of para-hydroxylation sites is 1. The number of rotatable bonds is 9. The van der Waals surface area contributed by atoms with E-state index in [9.17, 15) is 4.79 Å². The average Bonchev–Trinajstić information content (AvgIpc) is 3.22. The summed E-state index contributed by atoms with van der Waals surface area (Å²) in [6, 6.07) is 10.5. The van der Waals surface area contributed by atoms with Crippen LogP contribution in [0.3, 0.4) is 0 Å². The van der Waals surface area contributed by atoms with Crippen molar-refractivity contribution in [3.63, 3.8) is 0 Å². The Morgan fingerprint density at radius 2 is 2.03 bits per heavy atom. The number of anilines is 1. The van der Waals surface area contributed by atoms with Crippen molar-refractivity contribution in [2.45, 2.75) is 59.7 Å². The van der Waals surface area contributed by atoms with Crippen LogP contribution in [0.2, 0.25) is 0 Å². The molecule has 0 spiro atoms. The molecular weight excluding hydrogens is 390 g/mol. The maximum atomic E-state index is 12.8. The smallest absolute Gasteiger partial charge is 0.342 e. The number of carbonyl (C=O) groups is 1. The molecule has 0 N–H and O–H groups in total. The van der Waals surface area contributed by atoms with Gasteiger partial charge in [0.05, 0.1) is 12.7 Å². The fourth-order valence-electron chi connectivity index (χ4n) is 4.19. The van der Waals surface area contributed by atoms with Gasteiger partial charge in [0.1, 0.15) is 17.1 Å². The van der Waals surface area contributed by atoms with Crippen molar-refractivity contribution in [2.24, 2.45) is 0 Å². The number of hydrogen-bond acceptors (Lipinski definition) is 6. The van der Waals surface area contributed by atoms with Crippen LogP contribution in [0.5, 0.6) is 5.75 Å². The Kier molecular flexibility index (Phi) is 7.91. The van der Waals surface area contributed by atoms with Crippen molar-refractivity contribution < 1.29 is 14.3 Å². The summed E-state index contributed by atoms with van der Waals surface area (Å²) in [5.74, 6) is 1.40. The lowest BCUT2D eigenvalue weighted by Crippen LogP contribution is -2.37. The first-order valence-corrected chi connectivity index (χ1v) is 11.3. The number of pyridine rings is 1. The zero-order valence-corrected chi connectivity index (χ0v) is 19.4. The number of benzene rings is 1. The number of likely N-dealkylation sites (N-methyl/N-ethyl adjacent to an activating group) is 1. The minimum atomic E-state index is -0.294. The highest BCUT2D eigenvalue weighted by atomic mass is 16.5. The van der Waals surface area contributed by atoms with Gasteiger partial charge >= 0.3 is 5.97 Å². The summed E-state index contributed by atoms with van der Waals surface area (Å²) in [5.41, 5.74) is 2.69. The van der Waals surface area contributed by atoms with Crippen molar-refractivity contribution in [3.05, 3.63) is 53.2 Å². The topological polar surface area (TPSA) is 54.9 Å². The van der Waals surface area contributed by atoms with Crippen LogP contribution in [0.1, 0.15) is 55.6 Å². The third-order valence-electron chi connectivity index (χ3n) is 5.72. The van der Waals surface area contributed by atoms with Gasteiger partial charge in [-0.1, -0.05) is 25.1 Å². The van der Waals surface area contributed by atoms with E-state index in [4.69, 9.17) is 9.47 Å². The van der Waals surface area contributed by atoms with Crippen molar-refractivity contribution in [2.75, 3.05) is 31.1 Å². The predicted octanol–water partition coefficient (Wildman–Crippen LogP) is 4.45. The third kappa shape index (κ3) is 5.56. The molecule has 3 rings (SSSR count). The fourth-order valence-corrected chi connectivity index (χ4v) is 4.19. The molecule has 0 radical (unpaired) electrons. The molecule has 1 atom stereocenters. The molecular formula is C25H35N3O3. The molecule has 1 saturated heterocycles. The number of aryl methyl sites for hydroxylation is 1. The third-order valence-corrected chi connectivity index (χ3v) is 5.72. The van der Waals surface area contributed by atoms with E-state index in [1.165, 1.54) is 5.56 Å². The second kappa shape index (κ2) is 10.6. The first-order chi connectivity index (χ1) is 14.9. The van der Waals surface area contributed by atoms with Crippen LogP contribution >= 0.6 is 0 Å². The van der Waals surface area contributed by atoms with E-state index in [2.05, 4.69) is 33.8 Å². The Bertz CT molecular complexity index is 884. The van der Waals surface area contributed by atoms with E-state index in [-0.39, 0.29) is 12.1 Å². The summed E-state index contributed by atoms with van der Waals surface area (Å²) in [6.45, 7) is 14.0. The summed E-state index contributed by atoms with van der Waals surface area (Å²) < 4.78 is 11.3. The maximum Gasteiger partial charge on any atom is 0.342 e. The Balaban J connectivity index is 1.77. The molecule has 1 aromatic carbocycles. The lowest BCUT2D eigenvalue weighted by atomic mass is 10.1. The molecule has 31 heavy (non-hydrogen) atoms. The first-order valence-electron chi connectivity index (χ1n) is 11.3. The van der Waals surface area contributed by atoms with E-state index in [1.807, 2.05) is 45.9 Å². The van der Waals surface area contributed by atoms with E-state index in [1.54, 1.807) is 6.20 Å². The summed E-state index contributed by atoms with van der Waals surface area (Å²) in [7, 11) is 0. The molecule has 2 aromatic rings. The van der Waals surface area contributed by atoms with E-state index < -0.39 is 0 Å². The van der Waals surface area contributed by atoms with Crippen LogP contribution < -0.4 is 9.64 Å². The van der Waals surface area contributed by atoms with Crippen LogP contribution in [0.25, 0.3) is 0 Å². The summed E-state index contributed by atoms with van der Waals surface area (Å²) in [4.78, 5) is 22.0. The van der Waals surface area contributed by atoms with Crippen LogP contribution in [0.4, 0.5) is 5.82 Å². The normalized spacial score (nSPS) is 16.2. The van der Waals surface area contributed by atoms with Crippen molar-refractivity contribution >= 4 is 11.8 Å². The number of esters is 1. The monoisotopic (exact) mass is 425 g/mol. The molecule has 168 valence electrons. The second-order valence-corrected chi connectivity index (χ2v) is 8.27. The molecule has 0 aliphatic carbocycles. The molecule has 0 saturated carbocycles. The Hall–Kier alpha value is -2.60. The van der Waals surface area contributed by atoms with Gasteiger partial charge in [-0.2, -0.15) is 0 Å². The first kappa shape index (κ1) is 23.1. The molecule has 1 aliphatic rings. The zero-order valence-electron chi connectivity index (χ0n) is 19.4. The van der Waals surface area contributed by atoms with Crippen LogP contribution in [0.15, 0.2) is 36.5 Å². The van der Waals surface area contributed by atoms with Gasteiger partial charge in [0, 0.05) is 37.4 Å². The molecule has 2 heterocycles. The molecule has 1 fully saturated rings. The molecule has 6 heteroatoms. The van der Waals surface area contributed by atoms with Crippen LogP contribution in [-0.2, 0) is 11.3 Å². The van der Waals surface area contributed by atoms with E-state index in [0.717, 1.165) is 49.7 Å². The lowest BCUT2D eigenvalue weighted by Gasteiger charge is -2.29. The Morgan fingerprint density at radius 1 is 1.26 bits per heavy atom. The second-order valence-electron chi connectivity index (χ2n) is 8.27. The fraction of sp³-hybridized carbons (Fsp3) is 0.520. The number of nitrogens with zero attached hydrogens (tertiary/aromatic N) is 3. The maximum absolute atomic E-state index is 12.8. The van der Waals surface area contributed by atoms with Crippen LogP contribution in [0, 0.1) is 6.92 Å². The molecule has 0 unspecified atom stereocenters. The van der Waals surface area contributed by atoms with Crippen LogP contribution in [-0.4, -0.2) is 54.2 Å². The van der Waals surface area contributed by atoms with Crippen molar-refractivity contribution in [3.8, 4) is 5.75 Å². The van der Waals surface area contributed by atoms with Gasteiger partial charge in [0.2, 0.25) is 0 Å². The van der Waals surface area contributed by atoms with Gasteiger partial charge in [0.25, 0.3) is 0 Å². The van der Waals surface area contributed by atoms with Gasteiger partial charge in [-0.3, -0.25) is 4.90 Å². The average molecular weight is 426 g/mol. The summed E-state index contributed by atoms with van der Waals surface area (Å²) in [6.07, 6.45) is 2.64. The SMILES string of the molecule is CCOc1ccccc1CN(CC)[C@@H]1CCN(c2nccc(C)c2C(=O)OC(C)C)C1. The minimum absolute atomic E-state index is 0.160. The zero-order chi connectivity index (χ0) is 22.4. The highest BCUT2D eigenvalue weighted by molar-refractivity contribution is 5.96. The summed E-state index contributed by atoms with van der Waals surface area (Å²) in [5, 5.41) is 0. The Labute approximate surface area is 186 Å². The highest BCUT2D eigenvalue weighted by Gasteiger charge is 2.31. The summed E-state index contributed by atoms with van der Waals surface area (Å²) >= 11 is 0. The number of carbonyl (C=O) groups excluding carboxylic acids is 1. The van der Waals surface area contributed by atoms with Crippen molar-refractivity contribution in [1.29, 1.82) is 0 Å². The molecule has 6 nitrogen and oxygen atoms in total. The van der Waals surface area contributed by atoms with Crippen molar-refractivity contribution in [1.82, 2.24) is 9.88 Å². The molecule has 1 aromatic heterocycles. The Morgan fingerprint density at radius 3 is 2.74 bits per heavy atom. The molecule has 1 aliphatic heterocycles. The largest absolute Gasteiger partial charge is 0.494 e. The highest BCUT2D eigenvalue weighted by Crippen LogP contribution is 2.29. The van der Waals surface area contributed by atoms with E-state index in [0.29, 0.717) is 18.2 Å². The standard InChI is InChI=1S/C25H35N3O3/c1-6-27(16-20-10-8-9-11-22(20)30-7-2)21-13-15-28(17-21)24-23(19(5)12-14-26-24)25(29)31-18(3)4/h8-12,14,18,21H,6-7,13,15-17H2,1-5H3/t21-/m1/s1. The molecule has 0 bridgehead atoms. The number of aromatic nitrogens is 1.